The lowest BCUT2D eigenvalue weighted by molar-refractivity contribution is -0.219. The minimum Gasteiger partial charge on any atom is -0.383 e. The molecular weight excluding hydrogens is 230 g/mol. The van der Waals surface area contributed by atoms with Crippen LogP contribution in [0.1, 0.15) is 13.3 Å². The number of rotatable bonds is 7. The predicted molar refractivity (Wildman–Crippen MR) is 61.1 cm³/mol. The topological polar surface area (TPSA) is 24.9 Å². The minimum atomic E-state index is -2.89. The van der Waals surface area contributed by atoms with Crippen LogP contribution in [0.2, 0.25) is 0 Å². The Labute approximate surface area is 101 Å². The highest BCUT2D eigenvalue weighted by atomic mass is 19.3. The van der Waals surface area contributed by atoms with Gasteiger partial charge in [-0.05, 0) is 6.42 Å². The molecular formula is C11H22F2N2O2. The van der Waals surface area contributed by atoms with E-state index in [2.05, 4.69) is 0 Å². The second-order valence-corrected chi connectivity index (χ2v) is 4.20. The minimum absolute atomic E-state index is 0.114. The van der Waals surface area contributed by atoms with Gasteiger partial charge in [-0.15, -0.1) is 0 Å². The van der Waals surface area contributed by atoms with Crippen LogP contribution in [0, 0.1) is 0 Å². The van der Waals surface area contributed by atoms with Crippen molar-refractivity contribution < 1.29 is 18.3 Å². The van der Waals surface area contributed by atoms with Crippen molar-refractivity contribution in [3.63, 3.8) is 0 Å². The van der Waals surface area contributed by atoms with Crippen LogP contribution in [0.4, 0.5) is 8.78 Å². The van der Waals surface area contributed by atoms with Crippen molar-refractivity contribution in [3.05, 3.63) is 0 Å². The van der Waals surface area contributed by atoms with Gasteiger partial charge >= 0.3 is 6.17 Å². The summed E-state index contributed by atoms with van der Waals surface area (Å²) in [6, 6.07) is -0.114. The summed E-state index contributed by atoms with van der Waals surface area (Å²) in [4.78, 5) is 2.41. The number of hydrogen-bond acceptors (Lipinski definition) is 4. The third-order valence-electron chi connectivity index (χ3n) is 3.17. The molecule has 1 atom stereocenters. The summed E-state index contributed by atoms with van der Waals surface area (Å²) in [6.45, 7) is 3.47. The Morgan fingerprint density at radius 2 is 1.76 bits per heavy atom. The number of alkyl halides is 2. The molecule has 4 nitrogen and oxygen atoms in total. The smallest absolute Gasteiger partial charge is 0.370 e. The second kappa shape index (κ2) is 6.58. The molecule has 0 bridgehead atoms. The molecule has 1 saturated heterocycles. The Kier molecular flexibility index (Phi) is 5.72. The van der Waals surface area contributed by atoms with Crippen LogP contribution in [-0.2, 0) is 9.47 Å². The van der Waals surface area contributed by atoms with Crippen LogP contribution >= 0.6 is 0 Å². The van der Waals surface area contributed by atoms with E-state index in [9.17, 15) is 8.78 Å². The van der Waals surface area contributed by atoms with Crippen LogP contribution in [0.3, 0.4) is 0 Å². The highest BCUT2D eigenvalue weighted by molar-refractivity contribution is 4.89. The first-order valence-electron chi connectivity index (χ1n) is 5.95. The zero-order valence-corrected chi connectivity index (χ0v) is 10.8. The van der Waals surface area contributed by atoms with E-state index in [0.29, 0.717) is 26.2 Å². The summed E-state index contributed by atoms with van der Waals surface area (Å²) in [5, 5.41) is 0. The summed E-state index contributed by atoms with van der Waals surface area (Å²) in [6.07, 6.45) is -2.18. The summed E-state index contributed by atoms with van der Waals surface area (Å²) in [7, 11) is 3.05. The first-order chi connectivity index (χ1) is 8.07. The van der Waals surface area contributed by atoms with E-state index in [-0.39, 0.29) is 19.1 Å². The van der Waals surface area contributed by atoms with Gasteiger partial charge in [-0.1, -0.05) is 6.92 Å². The lowest BCUT2D eigenvalue weighted by atomic mass is 10.2. The van der Waals surface area contributed by atoms with Crippen molar-refractivity contribution in [2.75, 3.05) is 47.1 Å². The first-order valence-corrected chi connectivity index (χ1v) is 5.95. The van der Waals surface area contributed by atoms with Crippen LogP contribution in [-0.4, -0.2) is 69.1 Å². The Morgan fingerprint density at radius 3 is 2.29 bits per heavy atom. The molecule has 0 aliphatic carbocycles. The van der Waals surface area contributed by atoms with Crippen molar-refractivity contribution in [2.24, 2.45) is 0 Å². The van der Waals surface area contributed by atoms with E-state index in [1.807, 2.05) is 6.92 Å². The first kappa shape index (κ1) is 14.8. The van der Waals surface area contributed by atoms with Crippen molar-refractivity contribution >= 4 is 0 Å². The molecule has 1 heterocycles. The van der Waals surface area contributed by atoms with Gasteiger partial charge in [0.2, 0.25) is 0 Å². The van der Waals surface area contributed by atoms with E-state index in [1.54, 1.807) is 0 Å². The van der Waals surface area contributed by atoms with Gasteiger partial charge in [-0.3, -0.25) is 0 Å². The molecule has 0 aromatic heterocycles. The Balaban J connectivity index is 2.65. The fraction of sp³-hybridized carbons (Fsp3) is 1.00. The van der Waals surface area contributed by atoms with E-state index >= 15 is 0 Å². The maximum absolute atomic E-state index is 14.1. The van der Waals surface area contributed by atoms with Gasteiger partial charge in [0.1, 0.15) is 0 Å². The summed E-state index contributed by atoms with van der Waals surface area (Å²) >= 11 is 0. The van der Waals surface area contributed by atoms with Crippen molar-refractivity contribution in [1.82, 2.24) is 9.80 Å². The van der Waals surface area contributed by atoms with E-state index in [4.69, 9.17) is 9.47 Å². The summed E-state index contributed by atoms with van der Waals surface area (Å²) < 4.78 is 37.9. The van der Waals surface area contributed by atoms with Crippen molar-refractivity contribution in [3.8, 4) is 0 Å². The standard InChI is InChI=1S/C11H22F2N2O2/c1-4-10-9-14(5-7-16-2)11(12,13)15(10)6-8-17-3/h10H,4-9H2,1-3H3. The molecule has 17 heavy (non-hydrogen) atoms. The highest BCUT2D eigenvalue weighted by Gasteiger charge is 2.52. The van der Waals surface area contributed by atoms with Gasteiger partial charge in [0.15, 0.2) is 0 Å². The summed E-state index contributed by atoms with van der Waals surface area (Å²) in [5.74, 6) is 0. The molecule has 0 aromatic rings. The van der Waals surface area contributed by atoms with E-state index in [1.165, 1.54) is 24.0 Å². The lowest BCUT2D eigenvalue weighted by Gasteiger charge is -2.30. The van der Waals surface area contributed by atoms with Crippen LogP contribution < -0.4 is 0 Å². The predicted octanol–water partition coefficient (Wildman–Crippen LogP) is 1.23. The number of nitrogens with zero attached hydrogens (tertiary/aromatic N) is 2. The van der Waals surface area contributed by atoms with E-state index in [0.717, 1.165) is 0 Å². The number of halogens is 2. The second-order valence-electron chi connectivity index (χ2n) is 4.20. The number of hydrogen-bond donors (Lipinski definition) is 0. The van der Waals surface area contributed by atoms with Gasteiger partial charge < -0.3 is 9.47 Å². The number of methoxy groups -OCH3 is 2. The molecule has 0 N–H and O–H groups in total. The molecule has 102 valence electrons. The van der Waals surface area contributed by atoms with Gasteiger partial charge in [0, 0.05) is 39.9 Å². The Hall–Kier alpha value is -0.300. The zero-order valence-electron chi connectivity index (χ0n) is 10.8. The number of ether oxygens (including phenoxy) is 2. The maximum atomic E-state index is 14.1. The molecule has 0 aromatic carbocycles. The molecule has 1 unspecified atom stereocenters. The van der Waals surface area contributed by atoms with E-state index < -0.39 is 6.17 Å². The van der Waals surface area contributed by atoms with Crippen molar-refractivity contribution in [1.29, 1.82) is 0 Å². The molecule has 6 heteroatoms. The fourth-order valence-corrected chi connectivity index (χ4v) is 2.15. The van der Waals surface area contributed by atoms with Crippen LogP contribution in [0.25, 0.3) is 0 Å². The largest absolute Gasteiger partial charge is 0.383 e. The van der Waals surface area contributed by atoms with Gasteiger partial charge in [-0.25, -0.2) is 9.80 Å². The molecule has 0 saturated carbocycles. The monoisotopic (exact) mass is 252 g/mol. The van der Waals surface area contributed by atoms with Crippen LogP contribution in [0.5, 0.6) is 0 Å². The lowest BCUT2D eigenvalue weighted by Crippen LogP contribution is -2.49. The van der Waals surface area contributed by atoms with Gasteiger partial charge in [-0.2, -0.15) is 8.78 Å². The molecule has 1 fully saturated rings. The molecule has 1 aliphatic rings. The fourth-order valence-electron chi connectivity index (χ4n) is 2.15. The zero-order chi connectivity index (χ0) is 12.9. The van der Waals surface area contributed by atoms with Gasteiger partial charge in [0.25, 0.3) is 0 Å². The highest BCUT2D eigenvalue weighted by Crippen LogP contribution is 2.34. The van der Waals surface area contributed by atoms with Crippen molar-refractivity contribution in [2.45, 2.75) is 25.6 Å². The third kappa shape index (κ3) is 3.34. The molecule has 0 spiro atoms. The summed E-state index contributed by atoms with van der Waals surface area (Å²) in [5.41, 5.74) is 0. The molecule has 0 radical (unpaired) electrons. The Morgan fingerprint density at radius 1 is 1.18 bits per heavy atom. The molecule has 0 amide bonds. The SMILES string of the molecule is CCC1CN(CCOC)C(F)(F)N1CCOC. The molecule has 1 rings (SSSR count). The molecule has 1 aliphatic heterocycles. The van der Waals surface area contributed by atoms with Gasteiger partial charge in [0.05, 0.1) is 13.2 Å². The van der Waals surface area contributed by atoms with Crippen LogP contribution in [0.15, 0.2) is 0 Å². The maximum Gasteiger partial charge on any atom is 0.370 e. The Bertz CT molecular complexity index is 230. The normalized spacial score (nSPS) is 25.6. The third-order valence-corrected chi connectivity index (χ3v) is 3.17. The average Bonchev–Trinajstić information content (AvgIpc) is 2.55. The quantitative estimate of drug-likeness (QED) is 0.636. The average molecular weight is 252 g/mol.